The molecule has 0 radical (unpaired) electrons. The Morgan fingerprint density at radius 2 is 2.09 bits per heavy atom. The van der Waals surface area contributed by atoms with E-state index in [0.717, 1.165) is 0 Å². The van der Waals surface area contributed by atoms with E-state index in [-0.39, 0.29) is 11.8 Å². The van der Waals surface area contributed by atoms with Crippen LogP contribution in [0.3, 0.4) is 0 Å². The Morgan fingerprint density at radius 3 is 2.74 bits per heavy atom. The van der Waals surface area contributed by atoms with E-state index in [1.165, 1.54) is 0 Å². The first-order chi connectivity index (χ1) is 11.1. The zero-order valence-corrected chi connectivity index (χ0v) is 12.8. The minimum absolute atomic E-state index is 0.107. The number of carbonyl (C=O) groups is 2. The molecule has 1 aromatic heterocycles. The fourth-order valence-corrected chi connectivity index (χ4v) is 2.45. The van der Waals surface area contributed by atoms with Gasteiger partial charge in [-0.25, -0.2) is 0 Å². The Hall–Kier alpha value is -2.60. The second-order valence-electron chi connectivity index (χ2n) is 5.08. The molecule has 1 aliphatic heterocycles. The van der Waals surface area contributed by atoms with Crippen LogP contribution in [0.4, 0.5) is 5.69 Å². The Bertz CT molecular complexity index is 737. The first kappa shape index (κ1) is 15.3. The highest BCUT2D eigenvalue weighted by atomic mass is 35.5. The number of halogens is 1. The average Bonchev–Trinajstić information content (AvgIpc) is 2.98. The summed E-state index contributed by atoms with van der Waals surface area (Å²) in [7, 11) is 0. The lowest BCUT2D eigenvalue weighted by molar-refractivity contribution is -0.122. The smallest absolute Gasteiger partial charge is 0.246 e. The van der Waals surface area contributed by atoms with Crippen LogP contribution in [0.2, 0.25) is 5.02 Å². The van der Waals surface area contributed by atoms with Crippen LogP contribution >= 0.6 is 11.6 Å². The van der Waals surface area contributed by atoms with Crippen molar-refractivity contribution in [3.8, 4) is 11.5 Å². The molecule has 1 atom stereocenters. The van der Waals surface area contributed by atoms with Gasteiger partial charge in [-0.15, -0.1) is 0 Å². The van der Waals surface area contributed by atoms with Crippen LogP contribution in [0.15, 0.2) is 42.7 Å². The number of amides is 2. The number of rotatable bonds is 4. The molecule has 7 heteroatoms. The van der Waals surface area contributed by atoms with Crippen molar-refractivity contribution in [1.82, 2.24) is 10.3 Å². The van der Waals surface area contributed by atoms with Gasteiger partial charge in [0, 0.05) is 24.5 Å². The van der Waals surface area contributed by atoms with Crippen molar-refractivity contribution in [2.24, 2.45) is 0 Å². The average molecular weight is 332 g/mol. The third-order valence-electron chi connectivity index (χ3n) is 3.39. The second kappa shape index (κ2) is 6.66. The Balaban J connectivity index is 1.67. The molecular formula is C16H14ClN3O3. The summed E-state index contributed by atoms with van der Waals surface area (Å²) in [6, 6.07) is 7.91. The fraction of sp³-hybridized carbons (Fsp3) is 0.188. The molecule has 1 fully saturated rings. The number of carbonyl (C=O) groups excluding carboxylic acids is 2. The highest BCUT2D eigenvalue weighted by Crippen LogP contribution is 2.31. The maximum atomic E-state index is 12.0. The van der Waals surface area contributed by atoms with Gasteiger partial charge in [0.1, 0.15) is 17.5 Å². The maximum Gasteiger partial charge on any atom is 0.246 e. The van der Waals surface area contributed by atoms with Crippen LogP contribution in [-0.4, -0.2) is 22.8 Å². The number of nitrogens with zero attached hydrogens (tertiary/aromatic N) is 1. The summed E-state index contributed by atoms with van der Waals surface area (Å²) >= 11 is 6.18. The van der Waals surface area contributed by atoms with E-state index >= 15 is 0 Å². The number of pyridine rings is 1. The van der Waals surface area contributed by atoms with Crippen LogP contribution in [0.1, 0.15) is 12.8 Å². The summed E-state index contributed by atoms with van der Waals surface area (Å²) in [5.74, 6) is 0.733. The molecule has 2 N–H and O–H groups in total. The van der Waals surface area contributed by atoms with Crippen molar-refractivity contribution in [2.75, 3.05) is 5.32 Å². The van der Waals surface area contributed by atoms with Gasteiger partial charge >= 0.3 is 0 Å². The molecule has 118 valence electrons. The number of hydrogen-bond acceptors (Lipinski definition) is 4. The second-order valence-corrected chi connectivity index (χ2v) is 5.49. The summed E-state index contributed by atoms with van der Waals surface area (Å²) in [4.78, 5) is 27.1. The van der Waals surface area contributed by atoms with Crippen LogP contribution in [0.25, 0.3) is 0 Å². The first-order valence-corrected chi connectivity index (χ1v) is 7.47. The lowest BCUT2D eigenvalue weighted by atomic mass is 10.2. The highest BCUT2D eigenvalue weighted by Gasteiger charge is 2.27. The molecule has 2 heterocycles. The number of anilines is 1. The Labute approximate surface area is 137 Å². The van der Waals surface area contributed by atoms with Crippen LogP contribution < -0.4 is 15.4 Å². The minimum atomic E-state index is -0.492. The molecule has 0 unspecified atom stereocenters. The van der Waals surface area contributed by atoms with E-state index in [0.29, 0.717) is 35.1 Å². The van der Waals surface area contributed by atoms with E-state index in [1.54, 1.807) is 42.7 Å². The van der Waals surface area contributed by atoms with Crippen molar-refractivity contribution >= 4 is 29.1 Å². The van der Waals surface area contributed by atoms with Gasteiger partial charge < -0.3 is 15.4 Å². The molecule has 23 heavy (non-hydrogen) atoms. The largest absolute Gasteiger partial charge is 0.456 e. The Morgan fingerprint density at radius 1 is 1.30 bits per heavy atom. The SMILES string of the molecule is O=C1CC[C@H](C(=O)Nc2ccc(Oc3ccncc3)c(Cl)c2)N1. The van der Waals surface area contributed by atoms with Gasteiger partial charge in [0.25, 0.3) is 0 Å². The first-order valence-electron chi connectivity index (χ1n) is 7.09. The van der Waals surface area contributed by atoms with Gasteiger partial charge in [-0.3, -0.25) is 14.6 Å². The maximum absolute atomic E-state index is 12.0. The predicted molar refractivity (Wildman–Crippen MR) is 85.6 cm³/mol. The zero-order valence-electron chi connectivity index (χ0n) is 12.1. The van der Waals surface area contributed by atoms with E-state index in [1.807, 2.05) is 0 Å². The highest BCUT2D eigenvalue weighted by molar-refractivity contribution is 6.32. The van der Waals surface area contributed by atoms with Gasteiger partial charge in [-0.05, 0) is 36.8 Å². The Kier molecular flexibility index (Phi) is 4.43. The molecule has 6 nitrogen and oxygen atoms in total. The molecule has 2 amide bonds. The van der Waals surface area contributed by atoms with Crippen LogP contribution in [0, 0.1) is 0 Å². The molecule has 0 aliphatic carbocycles. The summed E-state index contributed by atoms with van der Waals surface area (Å²) in [6.45, 7) is 0. The number of benzene rings is 1. The molecule has 1 aliphatic rings. The van der Waals surface area contributed by atoms with Crippen LogP contribution in [-0.2, 0) is 9.59 Å². The van der Waals surface area contributed by atoms with Crippen molar-refractivity contribution in [2.45, 2.75) is 18.9 Å². The monoisotopic (exact) mass is 331 g/mol. The fourth-order valence-electron chi connectivity index (χ4n) is 2.23. The molecule has 0 spiro atoms. The molecule has 1 saturated heterocycles. The lowest BCUT2D eigenvalue weighted by Gasteiger charge is -2.12. The van der Waals surface area contributed by atoms with E-state index in [4.69, 9.17) is 16.3 Å². The summed E-state index contributed by atoms with van der Waals surface area (Å²) < 4.78 is 5.64. The topological polar surface area (TPSA) is 80.3 Å². The summed E-state index contributed by atoms with van der Waals surface area (Å²) in [5, 5.41) is 5.72. The van der Waals surface area contributed by atoms with Crippen molar-refractivity contribution in [3.63, 3.8) is 0 Å². The van der Waals surface area contributed by atoms with E-state index < -0.39 is 6.04 Å². The lowest BCUT2D eigenvalue weighted by Crippen LogP contribution is -2.37. The normalized spacial score (nSPS) is 16.7. The quantitative estimate of drug-likeness (QED) is 0.902. The number of nitrogens with one attached hydrogen (secondary N) is 2. The molecule has 0 saturated carbocycles. The van der Waals surface area contributed by atoms with Crippen LogP contribution in [0.5, 0.6) is 11.5 Å². The zero-order chi connectivity index (χ0) is 16.2. The van der Waals surface area contributed by atoms with Gasteiger partial charge in [0.2, 0.25) is 11.8 Å². The molecule has 3 rings (SSSR count). The number of aromatic nitrogens is 1. The van der Waals surface area contributed by atoms with Gasteiger partial charge in [0.15, 0.2) is 0 Å². The summed E-state index contributed by atoms with van der Waals surface area (Å²) in [5.41, 5.74) is 0.545. The van der Waals surface area contributed by atoms with Crippen molar-refractivity contribution in [1.29, 1.82) is 0 Å². The van der Waals surface area contributed by atoms with Crippen molar-refractivity contribution in [3.05, 3.63) is 47.7 Å². The number of hydrogen-bond donors (Lipinski definition) is 2. The molecular weight excluding hydrogens is 318 g/mol. The summed E-state index contributed by atoms with van der Waals surface area (Å²) in [6.07, 6.45) is 4.11. The van der Waals surface area contributed by atoms with Gasteiger partial charge in [-0.1, -0.05) is 11.6 Å². The minimum Gasteiger partial charge on any atom is -0.456 e. The molecule has 1 aromatic carbocycles. The standard InChI is InChI=1S/C16H14ClN3O3/c17-12-9-10(19-16(22)13-2-4-15(21)20-13)1-3-14(12)23-11-5-7-18-8-6-11/h1,3,5-9,13H,2,4H2,(H,19,22)(H,20,21)/t13-/m1/s1. The third-order valence-corrected chi connectivity index (χ3v) is 3.68. The molecule has 0 bridgehead atoms. The van der Waals surface area contributed by atoms with Gasteiger partial charge in [-0.2, -0.15) is 0 Å². The van der Waals surface area contributed by atoms with E-state index in [2.05, 4.69) is 15.6 Å². The number of ether oxygens (including phenoxy) is 1. The van der Waals surface area contributed by atoms with E-state index in [9.17, 15) is 9.59 Å². The van der Waals surface area contributed by atoms with Crippen molar-refractivity contribution < 1.29 is 14.3 Å². The molecule has 2 aromatic rings. The van der Waals surface area contributed by atoms with Gasteiger partial charge in [0.05, 0.1) is 5.02 Å². The predicted octanol–water partition coefficient (Wildman–Crippen LogP) is 2.74. The third kappa shape index (κ3) is 3.78.